The molecule has 7 heteroatoms. The highest BCUT2D eigenvalue weighted by molar-refractivity contribution is 5.95. The number of nitrogens with zero attached hydrogens (tertiary/aromatic N) is 2. The molecule has 34 heavy (non-hydrogen) atoms. The molecule has 0 unspecified atom stereocenters. The molecule has 1 saturated heterocycles. The summed E-state index contributed by atoms with van der Waals surface area (Å²) in [5.41, 5.74) is 1.77. The molecule has 0 atom stereocenters. The Hall–Kier alpha value is -2.64. The fourth-order valence-corrected chi connectivity index (χ4v) is 3.95. The molecule has 1 aromatic carbocycles. The van der Waals surface area contributed by atoms with Crippen LogP contribution in [0, 0.1) is 0 Å². The van der Waals surface area contributed by atoms with Crippen molar-refractivity contribution in [1.29, 1.82) is 0 Å². The number of aromatic nitrogens is 1. The lowest BCUT2D eigenvalue weighted by Crippen LogP contribution is -2.38. The predicted octanol–water partition coefficient (Wildman–Crippen LogP) is 3.95. The van der Waals surface area contributed by atoms with E-state index in [1.54, 1.807) is 10.6 Å². The van der Waals surface area contributed by atoms with Crippen molar-refractivity contribution in [2.24, 2.45) is 0 Å². The van der Waals surface area contributed by atoms with E-state index in [0.29, 0.717) is 19.7 Å². The summed E-state index contributed by atoms with van der Waals surface area (Å²) in [4.78, 5) is 28.3. The van der Waals surface area contributed by atoms with Gasteiger partial charge in [0.25, 0.3) is 11.5 Å². The van der Waals surface area contributed by atoms with Gasteiger partial charge in [0.1, 0.15) is 11.3 Å². The van der Waals surface area contributed by atoms with Crippen LogP contribution in [0.4, 0.5) is 0 Å². The van der Waals surface area contributed by atoms with E-state index in [9.17, 15) is 9.59 Å². The molecule has 1 N–H and O–H groups in total. The standard InChI is InChI=1S/C27H39N3O4/c1-3-5-14-30-21-23(22-8-10-24(11-9-22)34-17-6-4-2)20-25(27(30)32)26(31)28-12-7-13-29-15-18-33-19-16-29/h8-11,20-21H,3-7,12-19H2,1-2H3,(H,28,31). The number of carbonyl (C=O) groups excluding carboxylic acids is 1. The number of rotatable bonds is 13. The average molecular weight is 470 g/mol. The van der Waals surface area contributed by atoms with E-state index in [2.05, 4.69) is 24.1 Å². The number of ether oxygens (including phenoxy) is 2. The summed E-state index contributed by atoms with van der Waals surface area (Å²) in [5.74, 6) is 0.522. The summed E-state index contributed by atoms with van der Waals surface area (Å²) in [7, 11) is 0. The normalized spacial score (nSPS) is 14.2. The van der Waals surface area contributed by atoms with Crippen LogP contribution in [0.25, 0.3) is 11.1 Å². The van der Waals surface area contributed by atoms with Gasteiger partial charge in [-0.25, -0.2) is 0 Å². The van der Waals surface area contributed by atoms with Gasteiger partial charge in [0.15, 0.2) is 0 Å². The Kier molecular flexibility index (Phi) is 10.6. The van der Waals surface area contributed by atoms with Crippen LogP contribution in [0.1, 0.15) is 56.3 Å². The van der Waals surface area contributed by atoms with Crippen molar-refractivity contribution < 1.29 is 14.3 Å². The third-order valence-corrected chi connectivity index (χ3v) is 6.08. The molecule has 1 aliphatic heterocycles. The SMILES string of the molecule is CCCCOc1ccc(-c2cc(C(=O)NCCCN3CCOCC3)c(=O)n(CCCC)c2)cc1. The first kappa shape index (κ1) is 26.0. The summed E-state index contributed by atoms with van der Waals surface area (Å²) < 4.78 is 12.8. The highest BCUT2D eigenvalue weighted by Crippen LogP contribution is 2.23. The summed E-state index contributed by atoms with van der Waals surface area (Å²) in [5, 5.41) is 2.95. The Balaban J connectivity index is 1.70. The molecule has 0 saturated carbocycles. The monoisotopic (exact) mass is 469 g/mol. The average Bonchev–Trinajstić information content (AvgIpc) is 2.87. The molecule has 0 bridgehead atoms. The van der Waals surface area contributed by atoms with Gasteiger partial charge in [-0.15, -0.1) is 0 Å². The van der Waals surface area contributed by atoms with Crippen molar-refractivity contribution >= 4 is 5.91 Å². The molecular weight excluding hydrogens is 430 g/mol. The van der Waals surface area contributed by atoms with Crippen LogP contribution in [0.5, 0.6) is 5.75 Å². The fourth-order valence-electron chi connectivity index (χ4n) is 3.95. The Morgan fingerprint density at radius 2 is 1.74 bits per heavy atom. The van der Waals surface area contributed by atoms with Crippen molar-refractivity contribution in [1.82, 2.24) is 14.8 Å². The van der Waals surface area contributed by atoms with Gasteiger partial charge in [-0.3, -0.25) is 14.5 Å². The fraction of sp³-hybridized carbons (Fsp3) is 0.556. The Bertz CT molecular complexity index is 949. The number of nitrogens with one attached hydrogen (secondary N) is 1. The minimum atomic E-state index is -0.307. The molecule has 0 spiro atoms. The molecule has 186 valence electrons. The quantitative estimate of drug-likeness (QED) is 0.450. The predicted molar refractivity (Wildman–Crippen MR) is 136 cm³/mol. The second-order valence-corrected chi connectivity index (χ2v) is 8.78. The van der Waals surface area contributed by atoms with Crippen molar-refractivity contribution in [3.8, 4) is 16.9 Å². The zero-order valence-corrected chi connectivity index (χ0v) is 20.7. The van der Waals surface area contributed by atoms with Crippen LogP contribution in [0.15, 0.2) is 41.3 Å². The van der Waals surface area contributed by atoms with Gasteiger partial charge in [-0.2, -0.15) is 0 Å². The number of hydrogen-bond donors (Lipinski definition) is 1. The van der Waals surface area contributed by atoms with Gasteiger partial charge < -0.3 is 19.4 Å². The van der Waals surface area contributed by atoms with Crippen molar-refractivity contribution in [2.45, 2.75) is 52.5 Å². The number of pyridine rings is 1. The Morgan fingerprint density at radius 1 is 1.00 bits per heavy atom. The van der Waals surface area contributed by atoms with Gasteiger partial charge >= 0.3 is 0 Å². The van der Waals surface area contributed by atoms with E-state index in [1.165, 1.54) is 0 Å². The third-order valence-electron chi connectivity index (χ3n) is 6.08. The number of benzene rings is 1. The van der Waals surface area contributed by atoms with Crippen LogP contribution >= 0.6 is 0 Å². The summed E-state index contributed by atoms with van der Waals surface area (Å²) in [6.07, 6.45) is 6.68. The highest BCUT2D eigenvalue weighted by atomic mass is 16.5. The first-order chi connectivity index (χ1) is 16.6. The zero-order valence-electron chi connectivity index (χ0n) is 20.7. The third kappa shape index (κ3) is 7.71. The minimum Gasteiger partial charge on any atom is -0.494 e. The number of morpholine rings is 1. The highest BCUT2D eigenvalue weighted by Gasteiger charge is 2.16. The van der Waals surface area contributed by atoms with Gasteiger partial charge in [-0.1, -0.05) is 38.8 Å². The summed E-state index contributed by atoms with van der Waals surface area (Å²) in [6, 6.07) is 9.56. The molecule has 7 nitrogen and oxygen atoms in total. The van der Waals surface area contributed by atoms with Gasteiger partial charge in [0, 0.05) is 32.4 Å². The molecule has 2 heterocycles. The minimum absolute atomic E-state index is 0.197. The molecule has 2 aromatic rings. The molecule has 1 amide bonds. The molecule has 1 aromatic heterocycles. The van der Waals surface area contributed by atoms with Crippen LogP contribution in [0.3, 0.4) is 0 Å². The number of carbonyl (C=O) groups is 1. The van der Waals surface area contributed by atoms with E-state index in [-0.39, 0.29) is 17.0 Å². The Morgan fingerprint density at radius 3 is 2.44 bits per heavy atom. The van der Waals surface area contributed by atoms with Gasteiger partial charge in [-0.05, 0) is 55.1 Å². The van der Waals surface area contributed by atoms with Crippen LogP contribution in [0.2, 0.25) is 0 Å². The van der Waals surface area contributed by atoms with Crippen LogP contribution in [-0.2, 0) is 11.3 Å². The summed E-state index contributed by atoms with van der Waals surface area (Å²) >= 11 is 0. The van der Waals surface area contributed by atoms with Crippen LogP contribution < -0.4 is 15.6 Å². The van der Waals surface area contributed by atoms with Crippen molar-refractivity contribution in [3.05, 3.63) is 52.4 Å². The molecule has 1 aliphatic rings. The first-order valence-electron chi connectivity index (χ1n) is 12.7. The number of aryl methyl sites for hydroxylation is 1. The molecule has 0 aliphatic carbocycles. The van der Waals surface area contributed by atoms with E-state index >= 15 is 0 Å². The van der Waals surface area contributed by atoms with Crippen LogP contribution in [-0.4, -0.2) is 61.4 Å². The lowest BCUT2D eigenvalue weighted by Gasteiger charge is -2.26. The van der Waals surface area contributed by atoms with Gasteiger partial charge in [0.05, 0.1) is 19.8 Å². The lowest BCUT2D eigenvalue weighted by atomic mass is 10.0. The maximum atomic E-state index is 13.0. The zero-order chi connectivity index (χ0) is 24.2. The summed E-state index contributed by atoms with van der Waals surface area (Å²) in [6.45, 7) is 10.4. The maximum absolute atomic E-state index is 13.0. The van der Waals surface area contributed by atoms with Gasteiger partial charge in [0.2, 0.25) is 0 Å². The number of amides is 1. The van der Waals surface area contributed by atoms with Crippen molar-refractivity contribution in [3.63, 3.8) is 0 Å². The number of unbranched alkanes of at least 4 members (excludes halogenated alkanes) is 2. The van der Waals surface area contributed by atoms with E-state index in [4.69, 9.17) is 9.47 Å². The first-order valence-corrected chi connectivity index (χ1v) is 12.7. The second-order valence-electron chi connectivity index (χ2n) is 8.78. The smallest absolute Gasteiger partial charge is 0.263 e. The number of hydrogen-bond acceptors (Lipinski definition) is 5. The Labute approximate surface area is 203 Å². The molecule has 0 radical (unpaired) electrons. The maximum Gasteiger partial charge on any atom is 0.263 e. The molecular formula is C27H39N3O4. The molecule has 3 rings (SSSR count). The second kappa shape index (κ2) is 13.9. The van der Waals surface area contributed by atoms with E-state index in [0.717, 1.165) is 81.8 Å². The largest absolute Gasteiger partial charge is 0.494 e. The van der Waals surface area contributed by atoms with E-state index in [1.807, 2.05) is 30.5 Å². The molecule has 1 fully saturated rings. The topological polar surface area (TPSA) is 72.8 Å². The lowest BCUT2D eigenvalue weighted by molar-refractivity contribution is 0.0374. The van der Waals surface area contributed by atoms with E-state index < -0.39 is 0 Å². The van der Waals surface area contributed by atoms with Crippen molar-refractivity contribution in [2.75, 3.05) is 46.0 Å².